The average molecular weight is 412 g/mol. The summed E-state index contributed by atoms with van der Waals surface area (Å²) >= 11 is 6.63. The minimum atomic E-state index is -0.393. The number of halogens is 2. The maximum atomic E-state index is 11.1. The van der Waals surface area contributed by atoms with E-state index in [0.717, 1.165) is 16.7 Å². The topological polar surface area (TPSA) is 46.5 Å². The first-order valence-corrected chi connectivity index (χ1v) is 7.64. The van der Waals surface area contributed by atoms with E-state index >= 15 is 0 Å². The SMILES string of the molecule is COC(=O)/C=C/c1cccc(-c2cc(Br)c(O)c(Br)c2)c1. The van der Waals surface area contributed by atoms with Gasteiger partial charge >= 0.3 is 5.97 Å². The van der Waals surface area contributed by atoms with Gasteiger partial charge in [-0.15, -0.1) is 0 Å². The van der Waals surface area contributed by atoms with Gasteiger partial charge in [0.2, 0.25) is 0 Å². The molecule has 0 aliphatic rings. The minimum Gasteiger partial charge on any atom is -0.506 e. The van der Waals surface area contributed by atoms with Gasteiger partial charge in [0.1, 0.15) is 5.75 Å². The minimum absolute atomic E-state index is 0.167. The second-order valence-electron chi connectivity index (χ2n) is 4.27. The average Bonchev–Trinajstić information content (AvgIpc) is 2.50. The predicted octanol–water partition coefficient (Wildman–Crippen LogP) is 4.77. The number of aromatic hydroxyl groups is 1. The maximum Gasteiger partial charge on any atom is 0.330 e. The molecular weight excluding hydrogens is 400 g/mol. The summed E-state index contributed by atoms with van der Waals surface area (Å²) in [6.45, 7) is 0. The van der Waals surface area contributed by atoms with Crippen LogP contribution in [0.15, 0.2) is 51.4 Å². The van der Waals surface area contributed by atoms with Crippen molar-refractivity contribution in [1.82, 2.24) is 0 Å². The first-order valence-electron chi connectivity index (χ1n) is 6.05. The molecule has 21 heavy (non-hydrogen) atoms. The van der Waals surface area contributed by atoms with Crippen LogP contribution in [0.4, 0.5) is 0 Å². The van der Waals surface area contributed by atoms with E-state index in [1.807, 2.05) is 36.4 Å². The molecule has 5 heteroatoms. The zero-order chi connectivity index (χ0) is 15.4. The lowest BCUT2D eigenvalue weighted by molar-refractivity contribution is -0.134. The number of esters is 1. The molecule has 0 saturated carbocycles. The number of benzene rings is 2. The van der Waals surface area contributed by atoms with Crippen molar-refractivity contribution in [3.8, 4) is 16.9 Å². The fourth-order valence-electron chi connectivity index (χ4n) is 1.79. The van der Waals surface area contributed by atoms with Crippen LogP contribution < -0.4 is 0 Å². The van der Waals surface area contributed by atoms with Gasteiger partial charge in [-0.25, -0.2) is 4.79 Å². The van der Waals surface area contributed by atoms with E-state index in [1.54, 1.807) is 6.08 Å². The molecule has 3 nitrogen and oxygen atoms in total. The third-order valence-corrected chi connectivity index (χ3v) is 4.06. The normalized spacial score (nSPS) is 10.8. The molecule has 1 N–H and O–H groups in total. The van der Waals surface area contributed by atoms with Crippen LogP contribution in [-0.4, -0.2) is 18.2 Å². The van der Waals surface area contributed by atoms with Crippen LogP contribution in [-0.2, 0) is 9.53 Å². The van der Waals surface area contributed by atoms with E-state index in [0.29, 0.717) is 8.95 Å². The Labute approximate surface area is 139 Å². The Bertz CT molecular complexity index is 685. The van der Waals surface area contributed by atoms with E-state index in [1.165, 1.54) is 13.2 Å². The molecular formula is C16H12Br2O3. The van der Waals surface area contributed by atoms with Crippen molar-refractivity contribution in [3.63, 3.8) is 0 Å². The summed E-state index contributed by atoms with van der Waals surface area (Å²) in [4.78, 5) is 11.1. The molecule has 2 aromatic carbocycles. The van der Waals surface area contributed by atoms with Crippen LogP contribution in [0.3, 0.4) is 0 Å². The van der Waals surface area contributed by atoms with Crippen LogP contribution in [0.2, 0.25) is 0 Å². The van der Waals surface area contributed by atoms with Gasteiger partial charge in [0.05, 0.1) is 16.1 Å². The van der Waals surface area contributed by atoms with Crippen LogP contribution in [0, 0.1) is 0 Å². The first kappa shape index (κ1) is 15.8. The van der Waals surface area contributed by atoms with Gasteiger partial charge < -0.3 is 9.84 Å². The number of ether oxygens (including phenoxy) is 1. The highest BCUT2D eigenvalue weighted by molar-refractivity contribution is 9.11. The molecule has 2 rings (SSSR count). The van der Waals surface area contributed by atoms with Gasteiger partial charge in [-0.05, 0) is 72.8 Å². The third kappa shape index (κ3) is 3.95. The van der Waals surface area contributed by atoms with Crippen molar-refractivity contribution >= 4 is 43.9 Å². The summed E-state index contributed by atoms with van der Waals surface area (Å²) in [5.74, 6) is -0.226. The fraction of sp³-hybridized carbons (Fsp3) is 0.0625. The van der Waals surface area contributed by atoms with Gasteiger partial charge in [-0.1, -0.05) is 18.2 Å². The van der Waals surface area contributed by atoms with E-state index in [-0.39, 0.29) is 5.75 Å². The van der Waals surface area contributed by atoms with Crippen molar-refractivity contribution in [2.24, 2.45) is 0 Å². The Morgan fingerprint density at radius 1 is 1.14 bits per heavy atom. The summed E-state index contributed by atoms with van der Waals surface area (Å²) in [6, 6.07) is 11.4. The Morgan fingerprint density at radius 3 is 2.43 bits per heavy atom. The zero-order valence-corrected chi connectivity index (χ0v) is 14.3. The number of carbonyl (C=O) groups excluding carboxylic acids is 1. The van der Waals surface area contributed by atoms with Crippen molar-refractivity contribution < 1.29 is 14.6 Å². The zero-order valence-electron chi connectivity index (χ0n) is 11.1. The van der Waals surface area contributed by atoms with Crippen LogP contribution in [0.25, 0.3) is 17.2 Å². The Kier molecular flexibility index (Phi) is 5.20. The second-order valence-corrected chi connectivity index (χ2v) is 5.98. The van der Waals surface area contributed by atoms with Gasteiger partial charge in [-0.2, -0.15) is 0 Å². The van der Waals surface area contributed by atoms with Crippen LogP contribution in [0.1, 0.15) is 5.56 Å². The highest BCUT2D eigenvalue weighted by atomic mass is 79.9. The lowest BCUT2D eigenvalue weighted by atomic mass is 10.0. The molecule has 0 aliphatic carbocycles. The van der Waals surface area contributed by atoms with Gasteiger partial charge in [-0.3, -0.25) is 0 Å². The summed E-state index contributed by atoms with van der Waals surface area (Å²) in [6.07, 6.45) is 3.07. The largest absolute Gasteiger partial charge is 0.506 e. The molecule has 0 heterocycles. The van der Waals surface area contributed by atoms with Crippen molar-refractivity contribution in [1.29, 1.82) is 0 Å². The van der Waals surface area contributed by atoms with E-state index in [9.17, 15) is 9.90 Å². The number of carbonyl (C=O) groups is 1. The summed E-state index contributed by atoms with van der Waals surface area (Å²) in [5.41, 5.74) is 2.81. The van der Waals surface area contributed by atoms with Crippen molar-refractivity contribution in [2.75, 3.05) is 7.11 Å². The standard InChI is InChI=1S/C16H12Br2O3/c1-21-15(19)6-5-10-3-2-4-11(7-10)12-8-13(17)16(20)14(18)9-12/h2-9,20H,1H3/b6-5+. The number of hydrogen-bond donors (Lipinski definition) is 1. The Morgan fingerprint density at radius 2 is 1.81 bits per heavy atom. The van der Waals surface area contributed by atoms with E-state index in [2.05, 4.69) is 36.6 Å². The number of hydrogen-bond acceptors (Lipinski definition) is 3. The molecule has 2 aromatic rings. The molecule has 0 saturated heterocycles. The monoisotopic (exact) mass is 410 g/mol. The summed E-state index contributed by atoms with van der Waals surface area (Å²) < 4.78 is 5.79. The summed E-state index contributed by atoms with van der Waals surface area (Å²) in [5, 5.41) is 9.75. The van der Waals surface area contributed by atoms with E-state index < -0.39 is 5.97 Å². The lowest BCUT2D eigenvalue weighted by Crippen LogP contribution is -1.93. The van der Waals surface area contributed by atoms with Gasteiger partial charge in [0.25, 0.3) is 0 Å². The second kappa shape index (κ2) is 6.91. The molecule has 0 bridgehead atoms. The molecule has 0 aliphatic heterocycles. The smallest absolute Gasteiger partial charge is 0.330 e. The molecule has 0 amide bonds. The Balaban J connectivity index is 2.37. The number of methoxy groups -OCH3 is 1. The predicted molar refractivity (Wildman–Crippen MR) is 90.0 cm³/mol. The highest BCUT2D eigenvalue weighted by Crippen LogP contribution is 2.37. The quantitative estimate of drug-likeness (QED) is 0.584. The molecule has 0 atom stereocenters. The maximum absolute atomic E-state index is 11.1. The number of rotatable bonds is 3. The van der Waals surface area contributed by atoms with Crippen molar-refractivity contribution in [2.45, 2.75) is 0 Å². The van der Waals surface area contributed by atoms with Crippen LogP contribution in [0.5, 0.6) is 5.75 Å². The van der Waals surface area contributed by atoms with Gasteiger partial charge in [0.15, 0.2) is 0 Å². The molecule has 0 unspecified atom stereocenters. The van der Waals surface area contributed by atoms with E-state index in [4.69, 9.17) is 0 Å². The number of phenolic OH excluding ortho intramolecular Hbond substituents is 1. The van der Waals surface area contributed by atoms with Crippen molar-refractivity contribution in [3.05, 3.63) is 57.0 Å². The molecule has 0 fully saturated rings. The molecule has 0 spiro atoms. The third-order valence-electron chi connectivity index (χ3n) is 2.85. The first-order chi connectivity index (χ1) is 10.0. The molecule has 0 aromatic heterocycles. The van der Waals surface area contributed by atoms with Gasteiger partial charge in [0, 0.05) is 6.08 Å². The van der Waals surface area contributed by atoms with Crippen LogP contribution >= 0.6 is 31.9 Å². The molecule has 108 valence electrons. The summed E-state index contributed by atoms with van der Waals surface area (Å²) in [7, 11) is 1.34. The lowest BCUT2D eigenvalue weighted by Gasteiger charge is -2.07. The fourth-order valence-corrected chi connectivity index (χ4v) is 2.97. The number of phenols is 1. The molecule has 0 radical (unpaired) electrons. The Hall–Kier alpha value is -1.59. The highest BCUT2D eigenvalue weighted by Gasteiger charge is 2.07.